The second-order valence-electron chi connectivity index (χ2n) is 7.21. The molecule has 0 unspecified atom stereocenters. The number of ether oxygens (including phenoxy) is 2. The number of amides is 2. The summed E-state index contributed by atoms with van der Waals surface area (Å²) in [5, 5.41) is 5.54. The Morgan fingerprint density at radius 3 is 2.40 bits per heavy atom. The lowest BCUT2D eigenvalue weighted by Crippen LogP contribution is -2.40. The number of Topliss-reactive ketones (excluding diaryl/α,β-unsaturated/α-hetero) is 1. The van der Waals surface area contributed by atoms with Gasteiger partial charge < -0.3 is 20.1 Å². The van der Waals surface area contributed by atoms with Crippen LogP contribution in [0.4, 0.5) is 5.69 Å². The van der Waals surface area contributed by atoms with Crippen molar-refractivity contribution in [3.8, 4) is 11.5 Å². The van der Waals surface area contributed by atoms with Crippen molar-refractivity contribution in [1.29, 1.82) is 0 Å². The second-order valence-corrected chi connectivity index (χ2v) is 7.21. The summed E-state index contributed by atoms with van der Waals surface area (Å²) < 4.78 is 10.8. The highest BCUT2D eigenvalue weighted by molar-refractivity contribution is 6.42. The Bertz CT molecular complexity index is 892. The maximum atomic E-state index is 12.5. The van der Waals surface area contributed by atoms with Gasteiger partial charge in [-0.05, 0) is 43.2 Å². The van der Waals surface area contributed by atoms with Gasteiger partial charge in [0.2, 0.25) is 5.78 Å². The van der Waals surface area contributed by atoms with Crippen LogP contribution in [-0.2, 0) is 9.59 Å². The molecule has 2 N–H and O–H groups in total. The summed E-state index contributed by atoms with van der Waals surface area (Å²) >= 11 is 0. The van der Waals surface area contributed by atoms with Gasteiger partial charge in [0.05, 0.1) is 7.11 Å². The molecule has 2 aromatic carbocycles. The fourth-order valence-corrected chi connectivity index (χ4v) is 3.42. The third kappa shape index (κ3) is 5.83. The number of carbonyl (C=O) groups excluding carboxylic acids is 3. The maximum absolute atomic E-state index is 12.5. The lowest BCUT2D eigenvalue weighted by molar-refractivity contribution is -0.118. The summed E-state index contributed by atoms with van der Waals surface area (Å²) in [7, 11) is 1.43. The third-order valence-corrected chi connectivity index (χ3v) is 4.99. The van der Waals surface area contributed by atoms with Gasteiger partial charge in [-0.1, -0.05) is 37.5 Å². The van der Waals surface area contributed by atoms with Crippen LogP contribution in [0.5, 0.6) is 11.5 Å². The van der Waals surface area contributed by atoms with Gasteiger partial charge in [0.1, 0.15) is 0 Å². The number of carbonyl (C=O) groups is 3. The fraction of sp³-hybridized carbons (Fsp3) is 0.348. The number of ketones is 1. The van der Waals surface area contributed by atoms with Gasteiger partial charge in [0.25, 0.3) is 11.8 Å². The molecule has 30 heavy (non-hydrogen) atoms. The van der Waals surface area contributed by atoms with Crippen LogP contribution in [-0.4, -0.2) is 37.4 Å². The summed E-state index contributed by atoms with van der Waals surface area (Å²) in [6, 6.07) is 13.6. The number of anilines is 1. The monoisotopic (exact) mass is 410 g/mol. The van der Waals surface area contributed by atoms with Crippen LogP contribution in [0.15, 0.2) is 48.5 Å². The molecular weight excluding hydrogens is 384 g/mol. The zero-order valence-electron chi connectivity index (χ0n) is 17.0. The molecule has 0 spiro atoms. The predicted octanol–water partition coefficient (Wildman–Crippen LogP) is 3.34. The van der Waals surface area contributed by atoms with Crippen LogP contribution in [0, 0.1) is 0 Å². The number of methoxy groups -OCH3 is 1. The van der Waals surface area contributed by atoms with E-state index < -0.39 is 11.7 Å². The largest absolute Gasteiger partial charge is 0.493 e. The van der Waals surface area contributed by atoms with Crippen LogP contribution in [0.3, 0.4) is 0 Å². The molecule has 7 nitrogen and oxygen atoms in total. The molecule has 0 heterocycles. The first kappa shape index (κ1) is 21.4. The number of hydrogen-bond donors (Lipinski definition) is 2. The number of rotatable bonds is 8. The average molecular weight is 410 g/mol. The maximum Gasteiger partial charge on any atom is 0.292 e. The number of hydrogen-bond acceptors (Lipinski definition) is 5. The molecule has 1 aliphatic carbocycles. The Labute approximate surface area is 175 Å². The van der Waals surface area contributed by atoms with E-state index in [1.807, 2.05) is 18.2 Å². The molecule has 2 aromatic rings. The van der Waals surface area contributed by atoms with Crippen LogP contribution in [0.25, 0.3) is 0 Å². The first-order chi connectivity index (χ1) is 14.6. The third-order valence-electron chi connectivity index (χ3n) is 4.99. The van der Waals surface area contributed by atoms with E-state index in [2.05, 4.69) is 10.6 Å². The summed E-state index contributed by atoms with van der Waals surface area (Å²) in [4.78, 5) is 36.8. The quantitative estimate of drug-likeness (QED) is 0.514. The Morgan fingerprint density at radius 2 is 1.70 bits per heavy atom. The van der Waals surface area contributed by atoms with Crippen LogP contribution >= 0.6 is 0 Å². The minimum atomic E-state index is -0.618. The molecule has 0 bridgehead atoms. The standard InChI is InChI=1S/C23H26N2O5/c1-29-20-14-16(22(27)23(28)25-18-10-6-3-7-11-18)12-13-19(20)30-15-21(26)24-17-8-4-2-5-9-17/h2,4-5,8-9,12-14,18H,3,6-7,10-11,15H2,1H3,(H,24,26)(H,25,28). The zero-order chi connectivity index (χ0) is 21.3. The molecule has 3 rings (SSSR count). The molecule has 158 valence electrons. The molecular formula is C23H26N2O5. The van der Waals surface area contributed by atoms with Crippen molar-refractivity contribution >= 4 is 23.3 Å². The van der Waals surface area contributed by atoms with Gasteiger partial charge >= 0.3 is 0 Å². The normalized spacial score (nSPS) is 13.9. The number of benzene rings is 2. The number of para-hydroxylation sites is 1. The molecule has 1 fully saturated rings. The van der Waals surface area contributed by atoms with Gasteiger partial charge in [-0.15, -0.1) is 0 Å². The highest BCUT2D eigenvalue weighted by Crippen LogP contribution is 2.28. The van der Waals surface area contributed by atoms with Crippen molar-refractivity contribution in [3.63, 3.8) is 0 Å². The molecule has 0 aliphatic heterocycles. The molecule has 0 atom stereocenters. The first-order valence-electron chi connectivity index (χ1n) is 10.1. The van der Waals surface area contributed by atoms with Crippen LogP contribution < -0.4 is 20.1 Å². The highest BCUT2D eigenvalue weighted by atomic mass is 16.5. The molecule has 0 saturated heterocycles. The summed E-state index contributed by atoms with van der Waals surface area (Å²) in [5.41, 5.74) is 0.879. The van der Waals surface area contributed by atoms with Crippen molar-refractivity contribution in [2.75, 3.05) is 19.0 Å². The molecule has 1 aliphatic rings. The molecule has 7 heteroatoms. The average Bonchev–Trinajstić information content (AvgIpc) is 2.78. The topological polar surface area (TPSA) is 93.7 Å². The molecule has 1 saturated carbocycles. The van der Waals surface area contributed by atoms with E-state index in [-0.39, 0.29) is 29.9 Å². The minimum Gasteiger partial charge on any atom is -0.493 e. The van der Waals surface area contributed by atoms with E-state index in [4.69, 9.17) is 9.47 Å². The Morgan fingerprint density at radius 1 is 0.967 bits per heavy atom. The van der Waals surface area contributed by atoms with Gasteiger partial charge in [-0.2, -0.15) is 0 Å². The minimum absolute atomic E-state index is 0.0582. The van der Waals surface area contributed by atoms with E-state index in [9.17, 15) is 14.4 Å². The smallest absolute Gasteiger partial charge is 0.292 e. The fourth-order valence-electron chi connectivity index (χ4n) is 3.42. The predicted molar refractivity (Wildman–Crippen MR) is 113 cm³/mol. The van der Waals surface area contributed by atoms with Crippen molar-refractivity contribution < 1.29 is 23.9 Å². The molecule has 2 amide bonds. The number of nitrogens with one attached hydrogen (secondary N) is 2. The lowest BCUT2D eigenvalue weighted by atomic mass is 9.95. The second kappa shape index (κ2) is 10.4. The van der Waals surface area contributed by atoms with Crippen LogP contribution in [0.2, 0.25) is 0 Å². The highest BCUT2D eigenvalue weighted by Gasteiger charge is 2.22. The zero-order valence-corrected chi connectivity index (χ0v) is 17.0. The van der Waals surface area contributed by atoms with Gasteiger partial charge in [-0.3, -0.25) is 14.4 Å². The van der Waals surface area contributed by atoms with Crippen LogP contribution in [0.1, 0.15) is 42.5 Å². The van der Waals surface area contributed by atoms with Crippen molar-refractivity contribution in [2.24, 2.45) is 0 Å². The molecule has 0 aromatic heterocycles. The Kier molecular flexibility index (Phi) is 7.43. The molecule has 0 radical (unpaired) electrons. The van der Waals surface area contributed by atoms with E-state index >= 15 is 0 Å². The Balaban J connectivity index is 1.58. The van der Waals surface area contributed by atoms with E-state index in [0.717, 1.165) is 25.7 Å². The van der Waals surface area contributed by atoms with Crippen molar-refractivity contribution in [2.45, 2.75) is 38.1 Å². The van der Waals surface area contributed by atoms with Gasteiger partial charge in [0, 0.05) is 17.3 Å². The van der Waals surface area contributed by atoms with E-state index in [1.165, 1.54) is 31.7 Å². The summed E-state index contributed by atoms with van der Waals surface area (Å²) in [6.45, 7) is -0.222. The van der Waals surface area contributed by atoms with E-state index in [1.54, 1.807) is 12.1 Å². The Hall–Kier alpha value is -3.35. The van der Waals surface area contributed by atoms with Gasteiger partial charge in [0.15, 0.2) is 18.1 Å². The summed E-state index contributed by atoms with van der Waals surface area (Å²) in [6.07, 6.45) is 5.11. The van der Waals surface area contributed by atoms with Gasteiger partial charge in [-0.25, -0.2) is 0 Å². The SMILES string of the molecule is COc1cc(C(=O)C(=O)NC2CCCCC2)ccc1OCC(=O)Nc1ccccc1. The van der Waals surface area contributed by atoms with Crippen molar-refractivity contribution in [1.82, 2.24) is 5.32 Å². The first-order valence-corrected chi connectivity index (χ1v) is 10.1. The lowest BCUT2D eigenvalue weighted by Gasteiger charge is -2.22. The summed E-state index contributed by atoms with van der Waals surface area (Å²) in [5.74, 6) is -0.967. The van der Waals surface area contributed by atoms with Crippen molar-refractivity contribution in [3.05, 3.63) is 54.1 Å². The van der Waals surface area contributed by atoms with E-state index in [0.29, 0.717) is 11.4 Å².